The zero-order chi connectivity index (χ0) is 25.1. The summed E-state index contributed by atoms with van der Waals surface area (Å²) < 4.78 is 10.3. The Balaban J connectivity index is 1.55. The average Bonchev–Trinajstić information content (AvgIpc) is 3.24. The van der Waals surface area contributed by atoms with Crippen LogP contribution in [0.5, 0.6) is 0 Å². The third-order valence-electron chi connectivity index (χ3n) is 6.56. The molecule has 3 aliphatic heterocycles. The molecule has 1 fully saturated rings. The first-order valence-corrected chi connectivity index (χ1v) is 12.8. The summed E-state index contributed by atoms with van der Waals surface area (Å²) in [7, 11) is 1.37. The Morgan fingerprint density at radius 1 is 1.17 bits per heavy atom. The fourth-order valence-corrected chi connectivity index (χ4v) is 5.75. The lowest BCUT2D eigenvalue weighted by molar-refractivity contribution is -0.151. The van der Waals surface area contributed by atoms with Gasteiger partial charge in [-0.2, -0.15) is 0 Å². The molecule has 186 valence electrons. The number of ether oxygens (including phenoxy) is 2. The van der Waals surface area contributed by atoms with E-state index in [1.165, 1.54) is 18.9 Å². The molecule has 1 aromatic carbocycles. The molecule has 0 saturated carbocycles. The first kappa shape index (κ1) is 25.0. The number of amidine groups is 1. The fourth-order valence-electron chi connectivity index (χ4n) is 4.79. The number of amides is 1. The van der Waals surface area contributed by atoms with Crippen LogP contribution < -0.4 is 0 Å². The molecule has 0 aromatic heterocycles. The second kappa shape index (κ2) is 10.7. The number of carbonyl (C=O) groups excluding carboxylic acids is 3. The monoisotopic (exact) mass is 497 g/mol. The van der Waals surface area contributed by atoms with Gasteiger partial charge in [-0.15, -0.1) is 0 Å². The Hall–Kier alpha value is -3.07. The highest BCUT2D eigenvalue weighted by Crippen LogP contribution is 2.45. The van der Waals surface area contributed by atoms with Crippen molar-refractivity contribution in [3.8, 4) is 0 Å². The molecule has 35 heavy (non-hydrogen) atoms. The first-order valence-electron chi connectivity index (χ1n) is 11.9. The molecule has 0 bridgehead atoms. The fraction of sp³-hybridized carbons (Fsp3) is 0.462. The number of nitrogens with zero attached hydrogens (tertiary/aromatic N) is 3. The smallest absolute Gasteiger partial charge is 0.338 e. The van der Waals surface area contributed by atoms with Gasteiger partial charge in [0.15, 0.2) is 5.17 Å². The molecule has 8 nitrogen and oxygen atoms in total. The highest BCUT2D eigenvalue weighted by atomic mass is 32.2. The van der Waals surface area contributed by atoms with Crippen LogP contribution in [0.25, 0.3) is 0 Å². The molecule has 9 heteroatoms. The summed E-state index contributed by atoms with van der Waals surface area (Å²) in [6.45, 7) is 7.04. The van der Waals surface area contributed by atoms with E-state index < -0.39 is 12.0 Å². The maximum Gasteiger partial charge on any atom is 0.338 e. The van der Waals surface area contributed by atoms with Crippen LogP contribution in [0.2, 0.25) is 0 Å². The van der Waals surface area contributed by atoms with Crippen LogP contribution in [-0.4, -0.2) is 59.6 Å². The largest absolute Gasteiger partial charge is 0.466 e. The lowest BCUT2D eigenvalue weighted by Crippen LogP contribution is -2.42. The Kier molecular flexibility index (Phi) is 7.64. The number of esters is 2. The van der Waals surface area contributed by atoms with Gasteiger partial charge in [-0.05, 0) is 44.6 Å². The van der Waals surface area contributed by atoms with Crippen molar-refractivity contribution in [3.05, 3.63) is 57.8 Å². The van der Waals surface area contributed by atoms with Crippen molar-refractivity contribution in [3.63, 3.8) is 0 Å². The van der Waals surface area contributed by atoms with Gasteiger partial charge in [-0.3, -0.25) is 9.59 Å². The Morgan fingerprint density at radius 2 is 1.91 bits per heavy atom. The molecule has 1 aromatic rings. The summed E-state index contributed by atoms with van der Waals surface area (Å²) in [5, 5.41) is 2.68. The Morgan fingerprint density at radius 3 is 2.57 bits per heavy atom. The SMILES string of the molecule is CCOC(=O)C1CCN(C(=O)CC2=CSC3=NC(C)=C(C(=O)OC)C(c4cccc(C)c4)N23)CC1. The van der Waals surface area contributed by atoms with E-state index in [9.17, 15) is 14.4 Å². The number of carbonyl (C=O) groups is 3. The Bertz CT molecular complexity index is 1120. The number of methoxy groups -OCH3 is 1. The normalized spacial score (nSPS) is 20.3. The predicted octanol–water partition coefficient (Wildman–Crippen LogP) is 3.93. The minimum atomic E-state index is -0.432. The molecule has 0 N–H and O–H groups in total. The van der Waals surface area contributed by atoms with Crippen LogP contribution in [0.15, 0.2) is 51.6 Å². The number of rotatable bonds is 6. The number of fused-ring (bicyclic) bond motifs is 1. The zero-order valence-electron chi connectivity index (χ0n) is 20.6. The van der Waals surface area contributed by atoms with Gasteiger partial charge in [0.05, 0.1) is 43.4 Å². The number of likely N-dealkylation sites (tertiary alicyclic amines) is 1. The molecule has 3 aliphatic rings. The van der Waals surface area contributed by atoms with Crippen LogP contribution in [0.4, 0.5) is 0 Å². The summed E-state index contributed by atoms with van der Waals surface area (Å²) in [5.74, 6) is -0.764. The van der Waals surface area contributed by atoms with Gasteiger partial charge in [-0.25, -0.2) is 9.79 Å². The number of benzene rings is 1. The molecule has 1 atom stereocenters. The van der Waals surface area contributed by atoms with Crippen molar-refractivity contribution in [1.82, 2.24) is 9.80 Å². The van der Waals surface area contributed by atoms with Crippen molar-refractivity contribution in [2.24, 2.45) is 10.9 Å². The number of allylic oxidation sites excluding steroid dienone is 1. The molecule has 0 radical (unpaired) electrons. The third-order valence-corrected chi connectivity index (χ3v) is 7.45. The number of thioether (sulfide) groups is 1. The summed E-state index contributed by atoms with van der Waals surface area (Å²) in [6.07, 6.45) is 1.40. The quantitative estimate of drug-likeness (QED) is 0.550. The highest BCUT2D eigenvalue weighted by molar-refractivity contribution is 8.16. The van der Waals surface area contributed by atoms with E-state index in [1.807, 2.05) is 53.3 Å². The zero-order valence-corrected chi connectivity index (χ0v) is 21.4. The van der Waals surface area contributed by atoms with Crippen molar-refractivity contribution in [2.45, 2.75) is 46.1 Å². The van der Waals surface area contributed by atoms with Gasteiger partial charge in [0.2, 0.25) is 5.91 Å². The topological polar surface area (TPSA) is 88.5 Å². The van der Waals surface area contributed by atoms with Crippen molar-refractivity contribution in [1.29, 1.82) is 0 Å². The number of piperidine rings is 1. The minimum Gasteiger partial charge on any atom is -0.466 e. The van der Waals surface area contributed by atoms with Crippen molar-refractivity contribution in [2.75, 3.05) is 26.8 Å². The second-order valence-electron chi connectivity index (χ2n) is 8.88. The van der Waals surface area contributed by atoms with E-state index >= 15 is 0 Å². The van der Waals surface area contributed by atoms with E-state index in [2.05, 4.69) is 4.99 Å². The van der Waals surface area contributed by atoms with Gasteiger partial charge in [0.25, 0.3) is 0 Å². The maximum atomic E-state index is 13.3. The Labute approximate surface area is 210 Å². The van der Waals surface area contributed by atoms with E-state index in [-0.39, 0.29) is 24.2 Å². The van der Waals surface area contributed by atoms with E-state index in [0.29, 0.717) is 43.8 Å². The molecule has 0 spiro atoms. The van der Waals surface area contributed by atoms with Crippen molar-refractivity contribution < 1.29 is 23.9 Å². The summed E-state index contributed by atoms with van der Waals surface area (Å²) in [4.78, 5) is 46.6. The van der Waals surface area contributed by atoms with Crippen LogP contribution in [-0.2, 0) is 23.9 Å². The van der Waals surface area contributed by atoms with E-state index in [0.717, 1.165) is 22.0 Å². The van der Waals surface area contributed by atoms with Crippen LogP contribution in [0.3, 0.4) is 0 Å². The summed E-state index contributed by atoms with van der Waals surface area (Å²) in [6, 6.07) is 7.57. The minimum absolute atomic E-state index is 0.00528. The number of hydrogen-bond acceptors (Lipinski definition) is 8. The van der Waals surface area contributed by atoms with Gasteiger partial charge in [0, 0.05) is 18.8 Å². The standard InChI is InChI=1S/C26H31N3O5S/c1-5-34-24(31)18-9-11-28(12-10-18)21(30)14-20-15-35-26-27-17(3)22(25(32)33-4)23(29(20)26)19-8-6-7-16(2)13-19/h6-8,13,15,18,23H,5,9-12,14H2,1-4H3. The highest BCUT2D eigenvalue weighted by Gasteiger charge is 2.41. The second-order valence-corrected chi connectivity index (χ2v) is 9.72. The number of aliphatic imine (C=N–C) groups is 1. The lowest BCUT2D eigenvalue weighted by Gasteiger charge is -2.37. The van der Waals surface area contributed by atoms with Crippen LogP contribution >= 0.6 is 11.8 Å². The van der Waals surface area contributed by atoms with Gasteiger partial charge >= 0.3 is 11.9 Å². The van der Waals surface area contributed by atoms with E-state index in [1.54, 1.807) is 6.92 Å². The first-order chi connectivity index (χ1) is 16.8. The van der Waals surface area contributed by atoms with Gasteiger partial charge in [0.1, 0.15) is 0 Å². The lowest BCUT2D eigenvalue weighted by atomic mass is 9.92. The summed E-state index contributed by atoms with van der Waals surface area (Å²) in [5.41, 5.74) is 3.90. The molecule has 3 heterocycles. The molecule has 0 aliphatic carbocycles. The van der Waals surface area contributed by atoms with Crippen LogP contribution in [0, 0.1) is 12.8 Å². The number of aryl methyl sites for hydroxylation is 1. The maximum absolute atomic E-state index is 13.3. The molecule has 1 amide bonds. The van der Waals surface area contributed by atoms with Crippen molar-refractivity contribution >= 4 is 34.8 Å². The van der Waals surface area contributed by atoms with Gasteiger partial charge < -0.3 is 19.3 Å². The third kappa shape index (κ3) is 5.15. The molecule has 1 unspecified atom stereocenters. The number of hydrogen-bond donors (Lipinski definition) is 0. The molecule has 1 saturated heterocycles. The van der Waals surface area contributed by atoms with Gasteiger partial charge in [-0.1, -0.05) is 41.6 Å². The van der Waals surface area contributed by atoms with Crippen LogP contribution in [0.1, 0.15) is 50.3 Å². The molecular weight excluding hydrogens is 466 g/mol. The van der Waals surface area contributed by atoms with E-state index in [4.69, 9.17) is 9.47 Å². The summed E-state index contributed by atoms with van der Waals surface area (Å²) >= 11 is 1.46. The molecular formula is C26H31N3O5S. The average molecular weight is 498 g/mol. The molecule has 4 rings (SSSR count). The predicted molar refractivity (Wildman–Crippen MR) is 134 cm³/mol.